The molecule has 3 aromatic heterocycles. The molecule has 4 aromatic rings. The van der Waals surface area contributed by atoms with Crippen molar-refractivity contribution in [2.24, 2.45) is 0 Å². The van der Waals surface area contributed by atoms with Crippen LogP contribution in [0.4, 0.5) is 23.2 Å². The molecule has 0 bridgehead atoms. The van der Waals surface area contributed by atoms with Crippen LogP contribution in [0.25, 0.3) is 11.3 Å². The first kappa shape index (κ1) is 26.3. The van der Waals surface area contributed by atoms with Crippen LogP contribution in [0, 0.1) is 12.9 Å². The molecule has 192 valence electrons. The van der Waals surface area contributed by atoms with E-state index in [2.05, 4.69) is 30.6 Å². The van der Waals surface area contributed by atoms with Crippen LogP contribution in [0.15, 0.2) is 55.1 Å². The highest BCUT2D eigenvalue weighted by Crippen LogP contribution is 2.33. The number of thiazole rings is 1. The van der Waals surface area contributed by atoms with Gasteiger partial charge in [0.15, 0.2) is 0 Å². The van der Waals surface area contributed by atoms with Gasteiger partial charge in [-0.3, -0.25) is 10.1 Å². The molecule has 4 rings (SSSR count). The molecule has 0 aliphatic rings. The summed E-state index contributed by atoms with van der Waals surface area (Å²) in [5.41, 5.74) is -0.217. The van der Waals surface area contributed by atoms with Crippen molar-refractivity contribution in [3.8, 4) is 11.3 Å². The molecular formula is C24H20F4N6O2S. The summed E-state index contributed by atoms with van der Waals surface area (Å²) < 4.78 is 53.5. The molecule has 0 spiro atoms. The van der Waals surface area contributed by atoms with Crippen LogP contribution in [0.2, 0.25) is 0 Å². The first-order chi connectivity index (χ1) is 17.5. The lowest BCUT2D eigenvalue weighted by molar-refractivity contribution is -0.138. The molecule has 0 saturated heterocycles. The Morgan fingerprint density at radius 3 is 2.62 bits per heavy atom. The van der Waals surface area contributed by atoms with Crippen LogP contribution in [-0.4, -0.2) is 30.9 Å². The Labute approximate surface area is 212 Å². The van der Waals surface area contributed by atoms with Gasteiger partial charge < -0.3 is 10.4 Å². The average molecular weight is 533 g/mol. The van der Waals surface area contributed by atoms with Crippen LogP contribution in [0.3, 0.4) is 0 Å². The van der Waals surface area contributed by atoms with E-state index < -0.39 is 35.9 Å². The first-order valence-electron chi connectivity index (χ1n) is 10.8. The smallest absolute Gasteiger partial charge is 0.373 e. The minimum Gasteiger partial charge on any atom is -0.373 e. The van der Waals surface area contributed by atoms with Gasteiger partial charge in [-0.25, -0.2) is 19.9 Å². The molecule has 0 fully saturated rings. The first-order valence-corrected chi connectivity index (χ1v) is 11.7. The topological polar surface area (TPSA) is 113 Å². The molecule has 0 saturated carbocycles. The van der Waals surface area contributed by atoms with E-state index in [0.29, 0.717) is 5.01 Å². The molecule has 8 nitrogen and oxygen atoms in total. The number of aliphatic hydroxyl groups excluding tert-OH is 1. The molecule has 13 heteroatoms. The van der Waals surface area contributed by atoms with Crippen molar-refractivity contribution in [2.75, 3.05) is 5.32 Å². The monoisotopic (exact) mass is 532 g/mol. The summed E-state index contributed by atoms with van der Waals surface area (Å²) in [6.45, 7) is 3.04. The summed E-state index contributed by atoms with van der Waals surface area (Å²) in [6, 6.07) is 7.49. The van der Waals surface area contributed by atoms with Gasteiger partial charge in [-0.1, -0.05) is 6.07 Å². The van der Waals surface area contributed by atoms with E-state index in [-0.39, 0.29) is 33.1 Å². The predicted octanol–water partition coefficient (Wildman–Crippen LogP) is 5.06. The number of amides is 1. The number of carbonyl (C=O) groups excluding carboxylic acids is 1. The lowest BCUT2D eigenvalue weighted by Crippen LogP contribution is -2.25. The summed E-state index contributed by atoms with van der Waals surface area (Å²) in [7, 11) is 0. The van der Waals surface area contributed by atoms with E-state index in [1.165, 1.54) is 49.9 Å². The van der Waals surface area contributed by atoms with Gasteiger partial charge in [0.25, 0.3) is 5.91 Å². The Hall–Kier alpha value is -3.81. The van der Waals surface area contributed by atoms with E-state index >= 15 is 0 Å². The molecule has 2 unspecified atom stereocenters. The largest absolute Gasteiger partial charge is 0.416 e. The summed E-state index contributed by atoms with van der Waals surface area (Å²) >= 11 is 1.01. The number of rotatable bonds is 7. The number of aromatic nitrogens is 4. The van der Waals surface area contributed by atoms with Gasteiger partial charge in [0.1, 0.15) is 22.4 Å². The quantitative estimate of drug-likeness (QED) is 0.173. The molecule has 3 N–H and O–H groups in total. The molecule has 0 aliphatic carbocycles. The zero-order valence-electron chi connectivity index (χ0n) is 19.4. The van der Waals surface area contributed by atoms with Crippen LogP contribution < -0.4 is 10.6 Å². The highest BCUT2D eigenvalue weighted by Gasteiger charge is 2.32. The Kier molecular flexibility index (Phi) is 7.57. The minimum atomic E-state index is -4.54. The third kappa shape index (κ3) is 6.13. The Morgan fingerprint density at radius 2 is 1.89 bits per heavy atom. The van der Waals surface area contributed by atoms with E-state index in [0.717, 1.165) is 17.4 Å². The van der Waals surface area contributed by atoms with Crippen LogP contribution in [0.1, 0.15) is 50.7 Å². The zero-order valence-corrected chi connectivity index (χ0v) is 20.2. The third-order valence-electron chi connectivity index (χ3n) is 5.33. The molecule has 37 heavy (non-hydrogen) atoms. The zero-order chi connectivity index (χ0) is 26.7. The van der Waals surface area contributed by atoms with Crippen LogP contribution in [-0.2, 0) is 6.18 Å². The van der Waals surface area contributed by atoms with Gasteiger partial charge in [-0.2, -0.15) is 17.6 Å². The molecule has 1 aromatic carbocycles. The summed E-state index contributed by atoms with van der Waals surface area (Å²) in [4.78, 5) is 28.6. The standard InChI is InChI=1S/C24H20F4N6O2S/c1-12-5-6-14(8-16(12)24(26,27)28)34-22(36)19-10-30-23(37-19)13(2)33-21(35)18-9-17(31-11-32-18)15-4-3-7-29-20(15)25/h3-11,13,21,33,35H,1-2H3,(H,34,36). The van der Waals surface area contributed by atoms with Crippen molar-refractivity contribution in [3.63, 3.8) is 0 Å². The third-order valence-corrected chi connectivity index (χ3v) is 6.51. The molecular weight excluding hydrogens is 512 g/mol. The Balaban J connectivity index is 1.43. The number of aliphatic hydroxyl groups is 1. The number of pyridine rings is 1. The van der Waals surface area contributed by atoms with Crippen molar-refractivity contribution >= 4 is 22.9 Å². The van der Waals surface area contributed by atoms with Crippen molar-refractivity contribution in [1.29, 1.82) is 0 Å². The number of anilines is 1. The van der Waals surface area contributed by atoms with E-state index in [4.69, 9.17) is 0 Å². The van der Waals surface area contributed by atoms with Crippen LogP contribution >= 0.6 is 11.3 Å². The van der Waals surface area contributed by atoms with E-state index in [1.54, 1.807) is 13.0 Å². The fraction of sp³-hybridized carbons (Fsp3) is 0.208. The Bertz CT molecular complexity index is 1430. The number of alkyl halides is 3. The predicted molar refractivity (Wildman–Crippen MR) is 128 cm³/mol. The molecule has 2 atom stereocenters. The maximum absolute atomic E-state index is 14.0. The molecule has 0 aliphatic heterocycles. The highest BCUT2D eigenvalue weighted by atomic mass is 32.1. The van der Waals surface area contributed by atoms with Gasteiger partial charge in [-0.15, -0.1) is 11.3 Å². The summed E-state index contributed by atoms with van der Waals surface area (Å²) in [6.07, 6.45) is -2.02. The number of hydrogen-bond acceptors (Lipinski definition) is 8. The van der Waals surface area contributed by atoms with Crippen molar-refractivity contribution < 1.29 is 27.5 Å². The van der Waals surface area contributed by atoms with E-state index in [9.17, 15) is 27.5 Å². The van der Waals surface area contributed by atoms with Crippen molar-refractivity contribution in [1.82, 2.24) is 25.3 Å². The van der Waals surface area contributed by atoms with Crippen molar-refractivity contribution in [3.05, 3.63) is 87.8 Å². The fourth-order valence-electron chi connectivity index (χ4n) is 3.43. The number of hydrogen-bond donors (Lipinski definition) is 3. The van der Waals surface area contributed by atoms with Crippen LogP contribution in [0.5, 0.6) is 0 Å². The average Bonchev–Trinajstić information content (AvgIpc) is 3.36. The second-order valence-corrected chi connectivity index (χ2v) is 9.07. The minimum absolute atomic E-state index is 0.00379. The second kappa shape index (κ2) is 10.7. The maximum Gasteiger partial charge on any atom is 0.416 e. The number of nitrogens with zero attached hydrogens (tertiary/aromatic N) is 4. The highest BCUT2D eigenvalue weighted by molar-refractivity contribution is 7.13. The lowest BCUT2D eigenvalue weighted by Gasteiger charge is -2.17. The fourth-order valence-corrected chi connectivity index (χ4v) is 4.26. The van der Waals surface area contributed by atoms with Gasteiger partial charge in [0.2, 0.25) is 5.95 Å². The number of carbonyl (C=O) groups is 1. The molecule has 3 heterocycles. The molecule has 1 amide bonds. The number of halogens is 4. The summed E-state index contributed by atoms with van der Waals surface area (Å²) in [5, 5.41) is 16.4. The second-order valence-electron chi connectivity index (χ2n) is 8.01. The number of benzene rings is 1. The SMILES string of the molecule is Cc1ccc(NC(=O)c2cnc(C(C)NC(O)c3cc(-c4cccnc4F)ncn3)s2)cc1C(F)(F)F. The summed E-state index contributed by atoms with van der Waals surface area (Å²) in [5.74, 6) is -1.33. The molecule has 0 radical (unpaired) electrons. The lowest BCUT2D eigenvalue weighted by atomic mass is 10.1. The van der Waals surface area contributed by atoms with Gasteiger partial charge in [0, 0.05) is 11.9 Å². The van der Waals surface area contributed by atoms with Gasteiger partial charge >= 0.3 is 6.18 Å². The number of nitrogens with one attached hydrogen (secondary N) is 2. The maximum atomic E-state index is 14.0. The number of aryl methyl sites for hydroxylation is 1. The van der Waals surface area contributed by atoms with Gasteiger partial charge in [-0.05, 0) is 49.7 Å². The normalized spacial score (nSPS) is 13.3. The van der Waals surface area contributed by atoms with Crippen molar-refractivity contribution in [2.45, 2.75) is 32.3 Å². The van der Waals surface area contributed by atoms with Gasteiger partial charge in [0.05, 0.1) is 34.8 Å². The Morgan fingerprint density at radius 1 is 1.11 bits per heavy atom. The van der Waals surface area contributed by atoms with E-state index in [1.807, 2.05) is 0 Å².